The van der Waals surface area contributed by atoms with Crippen LogP contribution in [0.1, 0.15) is 41.0 Å². The zero-order valence-electron chi connectivity index (χ0n) is 12.0. The summed E-state index contributed by atoms with van der Waals surface area (Å²) >= 11 is 0. The molecular weight excluding hydrogens is 236 g/mol. The highest BCUT2D eigenvalue weighted by molar-refractivity contribution is 5.10. The van der Waals surface area contributed by atoms with Crippen molar-refractivity contribution in [2.75, 3.05) is 7.11 Å². The van der Waals surface area contributed by atoms with E-state index in [0.717, 1.165) is 0 Å². The highest BCUT2D eigenvalue weighted by atomic mass is 16.8. The fourth-order valence-electron chi connectivity index (χ4n) is 3.13. The van der Waals surface area contributed by atoms with E-state index in [1.54, 1.807) is 21.0 Å². The van der Waals surface area contributed by atoms with Crippen LogP contribution in [-0.2, 0) is 18.9 Å². The minimum Gasteiger partial charge on any atom is -0.387 e. The Hall–Kier alpha value is -0.200. The number of fused-ring (bicyclic) bond motifs is 1. The third-order valence-electron chi connectivity index (χ3n) is 3.99. The summed E-state index contributed by atoms with van der Waals surface area (Å²) in [5.74, 6) is -0.675. The largest absolute Gasteiger partial charge is 0.387 e. The van der Waals surface area contributed by atoms with Crippen LogP contribution in [0.2, 0.25) is 0 Å². The van der Waals surface area contributed by atoms with E-state index in [1.165, 1.54) is 0 Å². The van der Waals surface area contributed by atoms with Crippen molar-refractivity contribution in [1.29, 1.82) is 0 Å². The molecule has 0 amide bonds. The van der Waals surface area contributed by atoms with E-state index < -0.39 is 23.3 Å². The number of hydrogen-bond acceptors (Lipinski definition) is 5. The van der Waals surface area contributed by atoms with Gasteiger partial charge >= 0.3 is 0 Å². The lowest BCUT2D eigenvalue weighted by Gasteiger charge is -2.43. The number of methoxy groups -OCH3 is 1. The predicted molar refractivity (Wildman–Crippen MR) is 65.0 cm³/mol. The van der Waals surface area contributed by atoms with Gasteiger partial charge in [0.1, 0.15) is 17.8 Å². The summed E-state index contributed by atoms with van der Waals surface area (Å²) in [6.07, 6.45) is -0.531. The van der Waals surface area contributed by atoms with Crippen LogP contribution < -0.4 is 0 Å². The molecule has 5 heteroatoms. The molecule has 1 N–H and O–H groups in total. The number of hydrogen-bond donors (Lipinski definition) is 1. The summed E-state index contributed by atoms with van der Waals surface area (Å²) in [7, 11) is 1.61. The van der Waals surface area contributed by atoms with Crippen LogP contribution in [0, 0.1) is 0 Å². The molecule has 0 spiro atoms. The van der Waals surface area contributed by atoms with Gasteiger partial charge in [0, 0.05) is 7.11 Å². The van der Waals surface area contributed by atoms with Crippen molar-refractivity contribution in [3.63, 3.8) is 0 Å². The Balaban J connectivity index is 2.33. The lowest BCUT2D eigenvalue weighted by molar-refractivity contribution is -0.277. The maximum atomic E-state index is 10.4. The van der Waals surface area contributed by atoms with Gasteiger partial charge in [-0.05, 0) is 34.1 Å². The summed E-state index contributed by atoms with van der Waals surface area (Å²) in [5, 5.41) is 10.4. The second kappa shape index (κ2) is 4.15. The van der Waals surface area contributed by atoms with Gasteiger partial charge in [-0.1, -0.05) is 6.92 Å². The molecule has 0 unspecified atom stereocenters. The zero-order valence-corrected chi connectivity index (χ0v) is 12.0. The van der Waals surface area contributed by atoms with E-state index in [1.807, 2.05) is 20.8 Å². The molecule has 2 rings (SSSR count). The summed E-state index contributed by atoms with van der Waals surface area (Å²) in [5.41, 5.74) is -1.85. The van der Waals surface area contributed by atoms with Crippen LogP contribution in [0.4, 0.5) is 0 Å². The van der Waals surface area contributed by atoms with Gasteiger partial charge in [0.25, 0.3) is 0 Å². The number of rotatable bonds is 3. The van der Waals surface area contributed by atoms with Crippen molar-refractivity contribution in [1.82, 2.24) is 0 Å². The second-order valence-corrected chi connectivity index (χ2v) is 6.04. The van der Waals surface area contributed by atoms with Gasteiger partial charge in [-0.15, -0.1) is 0 Å². The van der Waals surface area contributed by atoms with Crippen LogP contribution in [-0.4, -0.2) is 47.7 Å². The van der Waals surface area contributed by atoms with Crippen molar-refractivity contribution >= 4 is 0 Å². The quantitative estimate of drug-likeness (QED) is 0.832. The Labute approximate surface area is 108 Å². The minimum absolute atomic E-state index is 0.309. The van der Waals surface area contributed by atoms with E-state index in [-0.39, 0.29) is 12.2 Å². The van der Waals surface area contributed by atoms with Crippen molar-refractivity contribution in [2.45, 2.75) is 76.5 Å². The summed E-state index contributed by atoms with van der Waals surface area (Å²) in [6, 6.07) is 0. The molecule has 0 aromatic rings. The molecule has 0 radical (unpaired) electrons. The van der Waals surface area contributed by atoms with Crippen LogP contribution in [0.15, 0.2) is 0 Å². The van der Waals surface area contributed by atoms with Gasteiger partial charge in [-0.3, -0.25) is 0 Å². The molecule has 2 fully saturated rings. The average Bonchev–Trinajstić information content (AvgIpc) is 2.65. The smallest absolute Gasteiger partial charge is 0.190 e. The van der Waals surface area contributed by atoms with E-state index in [2.05, 4.69) is 0 Å². The van der Waals surface area contributed by atoms with Gasteiger partial charge in [0.05, 0.1) is 5.60 Å². The third-order valence-corrected chi connectivity index (χ3v) is 3.99. The zero-order chi connectivity index (χ0) is 13.8. The van der Waals surface area contributed by atoms with Gasteiger partial charge in [-0.2, -0.15) is 0 Å². The molecule has 2 aliphatic rings. The molecule has 4 atom stereocenters. The Kier molecular flexibility index (Phi) is 3.28. The Morgan fingerprint density at radius 2 is 1.83 bits per heavy atom. The van der Waals surface area contributed by atoms with Gasteiger partial charge in [0.2, 0.25) is 0 Å². The molecule has 2 aliphatic heterocycles. The van der Waals surface area contributed by atoms with Crippen LogP contribution in [0.5, 0.6) is 0 Å². The topological polar surface area (TPSA) is 57.2 Å². The molecule has 0 saturated carbocycles. The molecule has 5 nitrogen and oxygen atoms in total. The maximum Gasteiger partial charge on any atom is 0.190 e. The first kappa shape index (κ1) is 14.2. The fraction of sp³-hybridized carbons (Fsp3) is 1.00. The van der Waals surface area contributed by atoms with E-state index in [9.17, 15) is 5.11 Å². The maximum absolute atomic E-state index is 10.4. The highest BCUT2D eigenvalue weighted by Gasteiger charge is 2.66. The third kappa shape index (κ3) is 1.89. The molecule has 0 aliphatic carbocycles. The first-order valence-corrected chi connectivity index (χ1v) is 6.45. The Bertz CT molecular complexity index is 322. The molecular formula is C13H24O5. The summed E-state index contributed by atoms with van der Waals surface area (Å²) in [6.45, 7) is 9.12. The summed E-state index contributed by atoms with van der Waals surface area (Å²) in [4.78, 5) is 0. The number of aliphatic hydroxyl groups is 1. The van der Waals surface area contributed by atoms with E-state index >= 15 is 0 Å². The predicted octanol–water partition coefficient (Wildman–Crippen LogP) is 1.43. The lowest BCUT2D eigenvalue weighted by atomic mass is 9.78. The lowest BCUT2D eigenvalue weighted by Crippen LogP contribution is -2.59. The first-order chi connectivity index (χ1) is 8.17. The van der Waals surface area contributed by atoms with Crippen molar-refractivity contribution in [2.24, 2.45) is 0 Å². The first-order valence-electron chi connectivity index (χ1n) is 6.45. The van der Waals surface area contributed by atoms with E-state index in [4.69, 9.17) is 18.9 Å². The van der Waals surface area contributed by atoms with Gasteiger partial charge < -0.3 is 24.1 Å². The Morgan fingerprint density at radius 3 is 2.28 bits per heavy atom. The van der Waals surface area contributed by atoms with Crippen molar-refractivity contribution in [3.8, 4) is 0 Å². The van der Waals surface area contributed by atoms with Gasteiger partial charge in [0.15, 0.2) is 12.1 Å². The number of ether oxygens (including phenoxy) is 4. The molecule has 0 aromatic carbocycles. The molecule has 18 heavy (non-hydrogen) atoms. The molecule has 106 valence electrons. The monoisotopic (exact) mass is 260 g/mol. The fourth-order valence-corrected chi connectivity index (χ4v) is 3.13. The van der Waals surface area contributed by atoms with Crippen LogP contribution in [0.25, 0.3) is 0 Å². The van der Waals surface area contributed by atoms with Crippen molar-refractivity contribution < 1.29 is 24.1 Å². The minimum atomic E-state index is -1.04. The van der Waals surface area contributed by atoms with E-state index in [0.29, 0.717) is 6.42 Å². The van der Waals surface area contributed by atoms with Crippen LogP contribution >= 0.6 is 0 Å². The molecule has 0 bridgehead atoms. The second-order valence-electron chi connectivity index (χ2n) is 6.04. The SMILES string of the molecule is CC[C@]1(C(C)(C)O)O[C@@H]2OC(C)(C)O[C@@H]2[C@@H]1OC. The Morgan fingerprint density at radius 1 is 1.22 bits per heavy atom. The molecule has 2 saturated heterocycles. The summed E-state index contributed by atoms with van der Waals surface area (Å²) < 4.78 is 23.1. The average molecular weight is 260 g/mol. The van der Waals surface area contributed by atoms with Gasteiger partial charge in [-0.25, -0.2) is 0 Å². The normalized spacial score (nSPS) is 43.2. The van der Waals surface area contributed by atoms with Crippen LogP contribution in [0.3, 0.4) is 0 Å². The highest BCUT2D eigenvalue weighted by Crippen LogP contribution is 2.49. The molecule has 2 heterocycles. The standard InChI is InChI=1S/C13H24O5/c1-7-13(11(2,3)14)9(15-6)8-10(18-13)17-12(4,5)16-8/h8-10,14H,7H2,1-6H3/t8-,9+,10+,13+/m1/s1. The molecule has 0 aromatic heterocycles. The van der Waals surface area contributed by atoms with Crippen molar-refractivity contribution in [3.05, 3.63) is 0 Å².